The lowest BCUT2D eigenvalue weighted by Crippen LogP contribution is -2.52. The quantitative estimate of drug-likeness (QED) is 0.616. The Morgan fingerprint density at radius 1 is 1.59 bits per heavy atom. The molecule has 0 aliphatic rings. The number of hydrogen-bond donors (Lipinski definition) is 2. The van der Waals surface area contributed by atoms with Gasteiger partial charge >= 0.3 is 0 Å². The number of halogens is 1. The van der Waals surface area contributed by atoms with Crippen molar-refractivity contribution in [1.29, 1.82) is 0 Å². The van der Waals surface area contributed by atoms with Gasteiger partial charge in [-0.25, -0.2) is 0 Å². The Morgan fingerprint density at radius 2 is 2.18 bits per heavy atom. The summed E-state index contributed by atoms with van der Waals surface area (Å²) in [5.41, 5.74) is 4.33. The molecule has 0 saturated heterocycles. The molecule has 1 rings (SSSR count). The van der Waals surface area contributed by atoms with Crippen LogP contribution in [0.25, 0.3) is 0 Å². The Balaban J connectivity index is 2.96. The molecule has 98 valence electrons. The van der Waals surface area contributed by atoms with Gasteiger partial charge in [-0.15, -0.1) is 0 Å². The topological polar surface area (TPSA) is 65.1 Å². The van der Waals surface area contributed by atoms with Crippen LogP contribution < -0.4 is 11.3 Å². The zero-order valence-corrected chi connectivity index (χ0v) is 11.8. The van der Waals surface area contributed by atoms with Crippen LogP contribution in [-0.2, 0) is 18.2 Å². The molecule has 17 heavy (non-hydrogen) atoms. The van der Waals surface area contributed by atoms with Gasteiger partial charge in [-0.05, 0) is 27.2 Å². The number of methoxy groups -OCH3 is 1. The lowest BCUT2D eigenvalue weighted by atomic mass is 9.93. The molecule has 1 unspecified atom stereocenters. The first-order valence-corrected chi connectivity index (χ1v) is 5.90. The second-order valence-corrected chi connectivity index (χ2v) is 5.07. The van der Waals surface area contributed by atoms with Crippen LogP contribution in [0.5, 0.6) is 0 Å². The van der Waals surface area contributed by atoms with Crippen molar-refractivity contribution >= 4 is 11.6 Å². The Labute approximate surface area is 107 Å². The molecular formula is C11H21ClN4O. The van der Waals surface area contributed by atoms with Gasteiger partial charge in [0, 0.05) is 19.7 Å². The summed E-state index contributed by atoms with van der Waals surface area (Å²) < 4.78 is 7.10. The summed E-state index contributed by atoms with van der Waals surface area (Å²) in [6.45, 7) is 5.91. The van der Waals surface area contributed by atoms with E-state index in [0.29, 0.717) is 11.6 Å². The molecule has 1 atom stereocenters. The number of rotatable bonds is 5. The maximum atomic E-state index is 6.20. The number of ether oxygens (including phenoxy) is 1. The molecular weight excluding hydrogens is 240 g/mol. The predicted molar refractivity (Wildman–Crippen MR) is 68.9 cm³/mol. The molecule has 3 N–H and O–H groups in total. The first kappa shape index (κ1) is 14.4. The maximum absolute atomic E-state index is 6.20. The third-order valence-corrected chi connectivity index (χ3v) is 3.72. The van der Waals surface area contributed by atoms with Crippen molar-refractivity contribution in [2.24, 2.45) is 12.9 Å². The number of nitrogens with two attached hydrogens (primary N) is 1. The lowest BCUT2D eigenvalue weighted by molar-refractivity contribution is -0.0101. The van der Waals surface area contributed by atoms with Crippen molar-refractivity contribution in [3.05, 3.63) is 16.4 Å². The maximum Gasteiger partial charge on any atom is 0.130 e. The molecule has 0 aliphatic carbocycles. The van der Waals surface area contributed by atoms with Crippen molar-refractivity contribution in [1.82, 2.24) is 15.2 Å². The fourth-order valence-corrected chi connectivity index (χ4v) is 2.01. The van der Waals surface area contributed by atoms with Gasteiger partial charge in [0.15, 0.2) is 0 Å². The summed E-state index contributed by atoms with van der Waals surface area (Å²) >= 11 is 6.20. The summed E-state index contributed by atoms with van der Waals surface area (Å²) in [6, 6.07) is -0.0344. The third kappa shape index (κ3) is 2.98. The van der Waals surface area contributed by atoms with E-state index in [1.807, 2.05) is 27.8 Å². The van der Waals surface area contributed by atoms with Gasteiger partial charge in [-0.3, -0.25) is 16.0 Å². The molecule has 0 aromatic carbocycles. The van der Waals surface area contributed by atoms with E-state index in [0.717, 1.165) is 11.3 Å². The zero-order valence-electron chi connectivity index (χ0n) is 11.0. The fraction of sp³-hybridized carbons (Fsp3) is 0.727. The van der Waals surface area contributed by atoms with Crippen molar-refractivity contribution in [2.45, 2.75) is 38.8 Å². The molecule has 0 radical (unpaired) electrons. The number of nitrogens with one attached hydrogen (secondary N) is 1. The molecule has 0 fully saturated rings. The molecule has 0 bridgehead atoms. The highest BCUT2D eigenvalue weighted by atomic mass is 35.5. The average Bonchev–Trinajstić information content (AvgIpc) is 2.51. The van der Waals surface area contributed by atoms with E-state index in [-0.39, 0.29) is 11.6 Å². The minimum Gasteiger partial charge on any atom is -0.377 e. The first-order chi connectivity index (χ1) is 7.83. The van der Waals surface area contributed by atoms with E-state index < -0.39 is 0 Å². The predicted octanol–water partition coefficient (Wildman–Crippen LogP) is 1.18. The van der Waals surface area contributed by atoms with E-state index in [2.05, 4.69) is 10.5 Å². The summed E-state index contributed by atoms with van der Waals surface area (Å²) in [4.78, 5) is 0. The largest absolute Gasteiger partial charge is 0.377 e. The molecule has 1 aromatic heterocycles. The third-order valence-electron chi connectivity index (χ3n) is 3.24. The zero-order chi connectivity index (χ0) is 13.2. The molecule has 0 saturated carbocycles. The highest BCUT2D eigenvalue weighted by molar-refractivity contribution is 6.30. The van der Waals surface area contributed by atoms with Gasteiger partial charge in [0.2, 0.25) is 0 Å². The molecule has 6 heteroatoms. The second-order valence-electron chi connectivity index (χ2n) is 4.71. The van der Waals surface area contributed by atoms with Crippen LogP contribution in [0.2, 0.25) is 5.15 Å². The van der Waals surface area contributed by atoms with Crippen LogP contribution in [0.3, 0.4) is 0 Å². The fourth-order valence-electron chi connectivity index (χ4n) is 1.76. The van der Waals surface area contributed by atoms with E-state index in [4.69, 9.17) is 22.2 Å². The van der Waals surface area contributed by atoms with Gasteiger partial charge < -0.3 is 4.74 Å². The van der Waals surface area contributed by atoms with Crippen LogP contribution in [0.15, 0.2) is 0 Å². The van der Waals surface area contributed by atoms with Crippen molar-refractivity contribution in [3.63, 3.8) is 0 Å². The van der Waals surface area contributed by atoms with Crippen molar-refractivity contribution in [3.8, 4) is 0 Å². The smallest absolute Gasteiger partial charge is 0.130 e. The summed E-state index contributed by atoms with van der Waals surface area (Å²) in [5, 5.41) is 4.93. The molecule has 1 heterocycles. The standard InChI is InChI=1S/C11H21ClN4O/c1-7-8(10(12)16(4)15-7)6-9(14-13)11(2,3)17-5/h9,14H,6,13H2,1-5H3. The number of aromatic nitrogens is 2. The molecule has 0 aliphatic heterocycles. The normalized spacial score (nSPS) is 14.1. The summed E-state index contributed by atoms with van der Waals surface area (Å²) in [6.07, 6.45) is 0.676. The van der Waals surface area contributed by atoms with E-state index in [9.17, 15) is 0 Å². The van der Waals surface area contributed by atoms with Crippen LogP contribution in [0, 0.1) is 6.92 Å². The van der Waals surface area contributed by atoms with Crippen LogP contribution in [-0.4, -0.2) is 28.5 Å². The molecule has 1 aromatic rings. The number of aryl methyl sites for hydroxylation is 2. The van der Waals surface area contributed by atoms with Gasteiger partial charge in [0.1, 0.15) is 5.15 Å². The van der Waals surface area contributed by atoms with Gasteiger partial charge in [-0.2, -0.15) is 5.10 Å². The average molecular weight is 261 g/mol. The van der Waals surface area contributed by atoms with Crippen LogP contribution >= 0.6 is 11.6 Å². The highest BCUT2D eigenvalue weighted by Crippen LogP contribution is 2.24. The summed E-state index contributed by atoms with van der Waals surface area (Å²) in [5.74, 6) is 5.59. The minimum absolute atomic E-state index is 0.0344. The van der Waals surface area contributed by atoms with E-state index in [1.54, 1.807) is 11.8 Å². The van der Waals surface area contributed by atoms with Crippen LogP contribution in [0.4, 0.5) is 0 Å². The Hall–Kier alpha value is -0.620. The Morgan fingerprint density at radius 3 is 2.53 bits per heavy atom. The van der Waals surface area contributed by atoms with Crippen molar-refractivity contribution in [2.75, 3.05) is 7.11 Å². The first-order valence-electron chi connectivity index (χ1n) is 5.52. The van der Waals surface area contributed by atoms with E-state index in [1.165, 1.54) is 0 Å². The Bertz CT molecular complexity index is 389. The molecule has 0 spiro atoms. The number of nitrogens with zero attached hydrogens (tertiary/aromatic N) is 2. The van der Waals surface area contributed by atoms with Gasteiger partial charge in [0.25, 0.3) is 0 Å². The van der Waals surface area contributed by atoms with Crippen LogP contribution in [0.1, 0.15) is 25.1 Å². The molecule has 0 amide bonds. The monoisotopic (exact) mass is 260 g/mol. The highest BCUT2D eigenvalue weighted by Gasteiger charge is 2.30. The second kappa shape index (κ2) is 5.35. The van der Waals surface area contributed by atoms with E-state index >= 15 is 0 Å². The SMILES string of the molecule is COC(C)(C)C(Cc1c(C)nn(C)c1Cl)NN. The number of hydrogen-bond acceptors (Lipinski definition) is 4. The summed E-state index contributed by atoms with van der Waals surface area (Å²) in [7, 11) is 3.49. The lowest BCUT2D eigenvalue weighted by Gasteiger charge is -2.32. The van der Waals surface area contributed by atoms with Gasteiger partial charge in [0.05, 0.1) is 17.3 Å². The van der Waals surface area contributed by atoms with Gasteiger partial charge in [-0.1, -0.05) is 11.6 Å². The molecule has 5 nitrogen and oxygen atoms in total. The van der Waals surface area contributed by atoms with Crippen molar-refractivity contribution < 1.29 is 4.74 Å². The number of hydrazine groups is 1. The minimum atomic E-state index is -0.375. The Kier molecular flexibility index (Phi) is 4.55.